The van der Waals surface area contributed by atoms with Crippen LogP contribution in [-0.4, -0.2) is 33.8 Å². The Bertz CT molecular complexity index is 1690. The highest BCUT2D eigenvalue weighted by Crippen LogP contribution is 2.38. The molecule has 1 N–H and O–H groups in total. The minimum atomic E-state index is -0.931. The van der Waals surface area contributed by atoms with E-state index in [2.05, 4.69) is 70.1 Å². The average Bonchev–Trinajstić information content (AvgIpc) is 3.34. The number of nitrogens with zero attached hydrogens (tertiary/aromatic N) is 3. The van der Waals surface area contributed by atoms with Gasteiger partial charge in [-0.1, -0.05) is 55.7 Å². The molecule has 1 aromatic heterocycles. The first-order valence-electron chi connectivity index (χ1n) is 15.1. The predicted octanol–water partition coefficient (Wildman–Crippen LogP) is 8.22. The van der Waals surface area contributed by atoms with E-state index in [1.807, 2.05) is 18.2 Å². The van der Waals surface area contributed by atoms with Gasteiger partial charge in [0.2, 0.25) is 0 Å². The monoisotopic (exact) mass is 557 g/mol. The number of aromatic nitrogens is 2. The Balaban J connectivity index is 1.13. The van der Waals surface area contributed by atoms with Crippen LogP contribution in [0.15, 0.2) is 91.0 Å². The van der Waals surface area contributed by atoms with Crippen molar-refractivity contribution in [1.29, 1.82) is 0 Å². The summed E-state index contributed by atoms with van der Waals surface area (Å²) >= 11 is 0. The van der Waals surface area contributed by atoms with E-state index in [0.29, 0.717) is 12.6 Å². The van der Waals surface area contributed by atoms with E-state index in [-0.39, 0.29) is 5.56 Å². The van der Waals surface area contributed by atoms with E-state index in [1.165, 1.54) is 41.8 Å². The van der Waals surface area contributed by atoms with Gasteiger partial charge >= 0.3 is 5.97 Å². The second kappa shape index (κ2) is 11.4. The van der Waals surface area contributed by atoms with Gasteiger partial charge in [0.05, 0.1) is 23.1 Å². The van der Waals surface area contributed by atoms with Crippen LogP contribution in [0.5, 0.6) is 5.75 Å². The number of para-hydroxylation sites is 2. The smallest absolute Gasteiger partial charge is 0.335 e. The number of benzene rings is 4. The molecule has 1 fully saturated rings. The summed E-state index contributed by atoms with van der Waals surface area (Å²) < 4.78 is 8.62. The topological polar surface area (TPSA) is 67.6 Å². The van der Waals surface area contributed by atoms with Gasteiger partial charge in [-0.25, -0.2) is 9.78 Å². The molecular formula is C36H35N3O3. The van der Waals surface area contributed by atoms with Gasteiger partial charge in [-0.15, -0.1) is 0 Å². The van der Waals surface area contributed by atoms with Crippen LogP contribution in [0.3, 0.4) is 0 Å². The van der Waals surface area contributed by atoms with Crippen LogP contribution in [0.4, 0.5) is 11.4 Å². The number of ether oxygens (including phenoxy) is 1. The fraction of sp³-hybridized carbons (Fsp3) is 0.278. The first-order chi connectivity index (χ1) is 20.7. The van der Waals surface area contributed by atoms with Gasteiger partial charge in [-0.3, -0.25) is 0 Å². The van der Waals surface area contributed by atoms with Gasteiger partial charge in [-0.2, -0.15) is 0 Å². The molecule has 0 radical (unpaired) electrons. The maximum atomic E-state index is 11.6. The Morgan fingerprint density at radius 1 is 0.833 bits per heavy atom. The molecule has 0 spiro atoms. The predicted molar refractivity (Wildman–Crippen MR) is 167 cm³/mol. The summed E-state index contributed by atoms with van der Waals surface area (Å²) in [5.74, 6) is 0.784. The molecule has 1 saturated carbocycles. The first-order valence-corrected chi connectivity index (χ1v) is 15.1. The molecule has 5 aromatic rings. The van der Waals surface area contributed by atoms with Crippen LogP contribution in [0.25, 0.3) is 22.4 Å². The quantitative estimate of drug-likeness (QED) is 0.218. The lowest BCUT2D eigenvalue weighted by Gasteiger charge is -2.27. The Hall–Kier alpha value is -4.58. The van der Waals surface area contributed by atoms with E-state index < -0.39 is 5.97 Å². The van der Waals surface area contributed by atoms with Crippen LogP contribution in [0.2, 0.25) is 0 Å². The SMILES string of the molecule is O=C(O)c1ccc2c(c1)nc(-c1ccc(OCCN3c4ccccc4CCc4ccccc43)cc1)n2C1CCCCC1. The molecule has 0 saturated heterocycles. The lowest BCUT2D eigenvalue weighted by Crippen LogP contribution is -2.24. The minimum Gasteiger partial charge on any atom is -0.492 e. The molecule has 2 heterocycles. The van der Waals surface area contributed by atoms with Gasteiger partial charge in [0, 0.05) is 23.0 Å². The number of hydrogen-bond donors (Lipinski definition) is 1. The van der Waals surface area contributed by atoms with Crippen molar-refractivity contribution in [2.24, 2.45) is 0 Å². The van der Waals surface area contributed by atoms with E-state index in [0.717, 1.165) is 60.4 Å². The molecule has 2 aliphatic rings. The highest BCUT2D eigenvalue weighted by molar-refractivity contribution is 5.93. The Morgan fingerprint density at radius 3 is 2.17 bits per heavy atom. The van der Waals surface area contributed by atoms with Gasteiger partial charge < -0.3 is 19.3 Å². The molecule has 0 atom stereocenters. The molecule has 42 heavy (non-hydrogen) atoms. The van der Waals surface area contributed by atoms with Crippen LogP contribution in [-0.2, 0) is 12.8 Å². The number of fused-ring (bicyclic) bond motifs is 3. The van der Waals surface area contributed by atoms with Gasteiger partial charge in [-0.05, 0) is 91.4 Å². The van der Waals surface area contributed by atoms with Crippen LogP contribution >= 0.6 is 0 Å². The molecule has 0 bridgehead atoms. The van der Waals surface area contributed by atoms with Crippen molar-refractivity contribution in [3.05, 3.63) is 108 Å². The summed E-state index contributed by atoms with van der Waals surface area (Å²) in [5.41, 5.74) is 8.26. The molecule has 0 amide bonds. The first kappa shape index (κ1) is 26.3. The highest BCUT2D eigenvalue weighted by atomic mass is 16.5. The van der Waals surface area contributed by atoms with Gasteiger partial charge in [0.1, 0.15) is 18.2 Å². The number of imidazole rings is 1. The highest BCUT2D eigenvalue weighted by Gasteiger charge is 2.23. The number of carboxylic acid groups (broad SMARTS) is 1. The number of carboxylic acids is 1. The van der Waals surface area contributed by atoms with Crippen molar-refractivity contribution in [2.45, 2.75) is 51.0 Å². The number of carbonyl (C=O) groups is 1. The van der Waals surface area contributed by atoms with Crippen molar-refractivity contribution in [3.63, 3.8) is 0 Å². The molecule has 7 rings (SSSR count). The van der Waals surface area contributed by atoms with Crippen molar-refractivity contribution in [1.82, 2.24) is 9.55 Å². The molecule has 6 nitrogen and oxygen atoms in total. The Labute approximate surface area is 246 Å². The second-order valence-corrected chi connectivity index (χ2v) is 11.4. The van der Waals surface area contributed by atoms with Gasteiger partial charge in [0.15, 0.2) is 0 Å². The molecular weight excluding hydrogens is 522 g/mol. The maximum absolute atomic E-state index is 11.6. The van der Waals surface area contributed by atoms with E-state index in [1.54, 1.807) is 12.1 Å². The van der Waals surface area contributed by atoms with E-state index in [4.69, 9.17) is 9.72 Å². The molecule has 0 unspecified atom stereocenters. The molecule has 1 aliphatic carbocycles. The summed E-state index contributed by atoms with van der Waals surface area (Å²) in [7, 11) is 0. The van der Waals surface area contributed by atoms with Crippen LogP contribution in [0.1, 0.15) is 59.6 Å². The van der Waals surface area contributed by atoms with Crippen molar-refractivity contribution in [3.8, 4) is 17.1 Å². The number of rotatable bonds is 7. The Kier molecular flexibility index (Phi) is 7.12. The lowest BCUT2D eigenvalue weighted by atomic mass is 9.95. The fourth-order valence-electron chi connectivity index (χ4n) is 6.71. The van der Waals surface area contributed by atoms with Crippen LogP contribution in [0, 0.1) is 0 Å². The summed E-state index contributed by atoms with van der Waals surface area (Å²) in [5, 5.41) is 9.53. The molecule has 4 aromatic carbocycles. The zero-order chi connectivity index (χ0) is 28.5. The van der Waals surface area contributed by atoms with E-state index in [9.17, 15) is 9.90 Å². The standard InChI is InChI=1S/C36H35N3O3/c40-36(41)28-18-21-34-31(24-28)37-35(39(34)29-10-2-1-3-11-29)27-16-19-30(20-17-27)42-23-22-38-32-12-6-4-8-25(32)14-15-26-9-5-7-13-33(26)38/h4-9,12-13,16-21,24,29H,1-3,10-11,14-15,22-23H2,(H,40,41). The normalized spacial score (nSPS) is 15.2. The minimum absolute atomic E-state index is 0.265. The van der Waals surface area contributed by atoms with Crippen molar-refractivity contribution >= 4 is 28.4 Å². The fourth-order valence-corrected chi connectivity index (χ4v) is 6.71. The van der Waals surface area contributed by atoms with Gasteiger partial charge in [0.25, 0.3) is 0 Å². The average molecular weight is 558 g/mol. The van der Waals surface area contributed by atoms with Crippen LogP contribution < -0.4 is 9.64 Å². The zero-order valence-corrected chi connectivity index (χ0v) is 23.7. The summed E-state index contributed by atoms with van der Waals surface area (Å²) in [4.78, 5) is 19.0. The van der Waals surface area contributed by atoms with Crippen molar-refractivity contribution < 1.29 is 14.6 Å². The number of aryl methyl sites for hydroxylation is 2. The summed E-state index contributed by atoms with van der Waals surface area (Å²) in [6.45, 7) is 1.31. The third-order valence-corrected chi connectivity index (χ3v) is 8.80. The lowest BCUT2D eigenvalue weighted by molar-refractivity contribution is 0.0697. The number of hydrogen-bond acceptors (Lipinski definition) is 4. The molecule has 212 valence electrons. The second-order valence-electron chi connectivity index (χ2n) is 11.4. The molecule has 6 heteroatoms. The number of aromatic carboxylic acids is 1. The zero-order valence-electron chi connectivity index (χ0n) is 23.7. The number of anilines is 2. The third kappa shape index (κ3) is 5.02. The van der Waals surface area contributed by atoms with E-state index >= 15 is 0 Å². The largest absolute Gasteiger partial charge is 0.492 e. The molecule has 1 aliphatic heterocycles. The maximum Gasteiger partial charge on any atom is 0.335 e. The summed E-state index contributed by atoms with van der Waals surface area (Å²) in [6, 6.07) is 31.2. The Morgan fingerprint density at radius 2 is 1.50 bits per heavy atom. The van der Waals surface area contributed by atoms with Crippen molar-refractivity contribution in [2.75, 3.05) is 18.1 Å². The summed E-state index contributed by atoms with van der Waals surface area (Å²) in [6.07, 6.45) is 7.98. The third-order valence-electron chi connectivity index (χ3n) is 8.80.